The van der Waals surface area contributed by atoms with Gasteiger partial charge in [-0.2, -0.15) is 13.2 Å². The largest absolute Gasteiger partial charge is 0.416 e. The lowest BCUT2D eigenvalue weighted by molar-refractivity contribution is -0.138. The number of amides is 1. The summed E-state index contributed by atoms with van der Waals surface area (Å²) in [5.74, 6) is -0.402. The van der Waals surface area contributed by atoms with E-state index in [0.29, 0.717) is 13.0 Å². The van der Waals surface area contributed by atoms with E-state index in [-0.39, 0.29) is 35.5 Å². The van der Waals surface area contributed by atoms with Crippen LogP contribution in [0.1, 0.15) is 17.5 Å². The van der Waals surface area contributed by atoms with E-state index in [9.17, 15) is 18.0 Å². The van der Waals surface area contributed by atoms with Gasteiger partial charge < -0.3 is 10.6 Å². The van der Waals surface area contributed by atoms with Crippen molar-refractivity contribution in [2.45, 2.75) is 19.5 Å². The van der Waals surface area contributed by atoms with Crippen LogP contribution in [0.25, 0.3) is 0 Å². The molecule has 1 unspecified atom stereocenters. The van der Waals surface area contributed by atoms with Crippen molar-refractivity contribution in [2.24, 2.45) is 5.92 Å². The Kier molecular flexibility index (Phi) is 5.42. The monoisotopic (exact) mass is 308 g/mol. The number of benzene rings is 1. The Bertz CT molecular complexity index is 485. The SMILES string of the molecule is Cc1c(NC(=O)C2CCNC2)cccc1C(F)(F)F.Cl. The molecule has 1 aromatic rings. The lowest BCUT2D eigenvalue weighted by Gasteiger charge is -2.16. The second-order valence-electron chi connectivity index (χ2n) is 4.65. The van der Waals surface area contributed by atoms with Gasteiger partial charge >= 0.3 is 6.18 Å². The molecule has 20 heavy (non-hydrogen) atoms. The summed E-state index contributed by atoms with van der Waals surface area (Å²) in [6.45, 7) is 2.70. The van der Waals surface area contributed by atoms with Gasteiger partial charge in [-0.3, -0.25) is 4.79 Å². The van der Waals surface area contributed by atoms with Gasteiger partial charge in [0.15, 0.2) is 0 Å². The Morgan fingerprint density at radius 3 is 2.65 bits per heavy atom. The summed E-state index contributed by atoms with van der Waals surface area (Å²) in [5, 5.41) is 5.63. The number of carbonyl (C=O) groups excluding carboxylic acids is 1. The fourth-order valence-electron chi connectivity index (χ4n) is 2.19. The van der Waals surface area contributed by atoms with E-state index in [1.165, 1.54) is 19.1 Å². The van der Waals surface area contributed by atoms with Crippen LogP contribution >= 0.6 is 12.4 Å². The van der Waals surface area contributed by atoms with Gasteiger partial charge in [-0.1, -0.05) is 6.07 Å². The first-order chi connectivity index (χ1) is 8.89. The summed E-state index contributed by atoms with van der Waals surface area (Å²) < 4.78 is 38.2. The number of carbonyl (C=O) groups is 1. The van der Waals surface area contributed by atoms with Crippen LogP contribution in [-0.2, 0) is 11.0 Å². The van der Waals surface area contributed by atoms with Crippen molar-refractivity contribution in [2.75, 3.05) is 18.4 Å². The van der Waals surface area contributed by atoms with Crippen LogP contribution in [0.5, 0.6) is 0 Å². The molecule has 0 aromatic heterocycles. The van der Waals surface area contributed by atoms with Crippen LogP contribution in [0.15, 0.2) is 18.2 Å². The molecule has 3 nitrogen and oxygen atoms in total. The summed E-state index contributed by atoms with van der Waals surface area (Å²) in [6.07, 6.45) is -3.69. The van der Waals surface area contributed by atoms with Crippen molar-refractivity contribution in [3.05, 3.63) is 29.3 Å². The number of alkyl halides is 3. The van der Waals surface area contributed by atoms with Crippen molar-refractivity contribution in [3.8, 4) is 0 Å². The summed E-state index contributed by atoms with van der Waals surface area (Å²) >= 11 is 0. The summed E-state index contributed by atoms with van der Waals surface area (Å²) in [6, 6.07) is 3.81. The Labute approximate surface area is 121 Å². The van der Waals surface area contributed by atoms with Gasteiger partial charge in [0, 0.05) is 12.2 Å². The molecule has 1 fully saturated rings. The minimum atomic E-state index is -4.40. The maximum Gasteiger partial charge on any atom is 0.416 e. The van der Waals surface area contributed by atoms with Crippen molar-refractivity contribution >= 4 is 24.0 Å². The first kappa shape index (κ1) is 16.8. The van der Waals surface area contributed by atoms with Crippen molar-refractivity contribution in [1.29, 1.82) is 0 Å². The van der Waals surface area contributed by atoms with E-state index in [1.54, 1.807) is 0 Å². The van der Waals surface area contributed by atoms with Crippen LogP contribution in [0.4, 0.5) is 18.9 Å². The second-order valence-corrected chi connectivity index (χ2v) is 4.65. The van der Waals surface area contributed by atoms with Crippen LogP contribution in [0.2, 0.25) is 0 Å². The van der Waals surface area contributed by atoms with Crippen molar-refractivity contribution in [1.82, 2.24) is 5.32 Å². The maximum atomic E-state index is 12.7. The third-order valence-corrected chi connectivity index (χ3v) is 3.33. The molecule has 1 heterocycles. The van der Waals surface area contributed by atoms with E-state index in [2.05, 4.69) is 10.6 Å². The lowest BCUT2D eigenvalue weighted by atomic mass is 10.0. The number of nitrogens with one attached hydrogen (secondary N) is 2. The standard InChI is InChI=1S/C13H15F3N2O.ClH/c1-8-10(13(14,15)16)3-2-4-11(8)18-12(19)9-5-6-17-7-9;/h2-4,9,17H,5-7H2,1H3,(H,18,19);1H. The topological polar surface area (TPSA) is 41.1 Å². The molecule has 0 saturated carbocycles. The van der Waals surface area contributed by atoms with Crippen LogP contribution in [0.3, 0.4) is 0 Å². The molecule has 2 rings (SSSR count). The van der Waals surface area contributed by atoms with E-state index in [1.807, 2.05) is 0 Å². The first-order valence-corrected chi connectivity index (χ1v) is 6.08. The Hall–Kier alpha value is -1.27. The number of anilines is 1. The molecule has 0 bridgehead atoms. The number of hydrogen-bond donors (Lipinski definition) is 2. The van der Waals surface area contributed by atoms with Gasteiger partial charge in [0.05, 0.1) is 11.5 Å². The van der Waals surface area contributed by atoms with E-state index in [0.717, 1.165) is 12.6 Å². The molecule has 1 atom stereocenters. The highest BCUT2D eigenvalue weighted by atomic mass is 35.5. The zero-order valence-electron chi connectivity index (χ0n) is 10.9. The molecule has 1 aliphatic heterocycles. The van der Waals surface area contributed by atoms with Gasteiger partial charge in [0.2, 0.25) is 5.91 Å². The van der Waals surface area contributed by atoms with Gasteiger partial charge in [-0.25, -0.2) is 0 Å². The van der Waals surface area contributed by atoms with Gasteiger partial charge in [-0.15, -0.1) is 12.4 Å². The molecule has 1 amide bonds. The minimum absolute atomic E-state index is 0. The average molecular weight is 309 g/mol. The van der Waals surface area contributed by atoms with Gasteiger partial charge in [0.25, 0.3) is 0 Å². The Morgan fingerprint density at radius 1 is 1.40 bits per heavy atom. The van der Waals surface area contributed by atoms with Crippen molar-refractivity contribution < 1.29 is 18.0 Å². The number of rotatable bonds is 2. The van der Waals surface area contributed by atoms with E-state index >= 15 is 0 Å². The summed E-state index contributed by atoms with van der Waals surface area (Å²) in [4.78, 5) is 11.9. The zero-order chi connectivity index (χ0) is 14.0. The molecule has 0 radical (unpaired) electrons. The average Bonchev–Trinajstić information content (AvgIpc) is 2.83. The molecule has 0 aliphatic carbocycles. The number of hydrogen-bond acceptors (Lipinski definition) is 2. The Morgan fingerprint density at radius 2 is 2.10 bits per heavy atom. The molecule has 1 saturated heterocycles. The lowest BCUT2D eigenvalue weighted by Crippen LogP contribution is -2.25. The molecule has 112 valence electrons. The molecule has 2 N–H and O–H groups in total. The molecular weight excluding hydrogens is 293 g/mol. The van der Waals surface area contributed by atoms with E-state index < -0.39 is 11.7 Å². The number of halogens is 4. The Balaban J connectivity index is 0.00000200. The third-order valence-electron chi connectivity index (χ3n) is 3.33. The van der Waals surface area contributed by atoms with Crippen LogP contribution in [0, 0.1) is 12.8 Å². The van der Waals surface area contributed by atoms with Crippen LogP contribution < -0.4 is 10.6 Å². The minimum Gasteiger partial charge on any atom is -0.326 e. The molecule has 0 spiro atoms. The van der Waals surface area contributed by atoms with Crippen molar-refractivity contribution in [3.63, 3.8) is 0 Å². The second kappa shape index (κ2) is 6.45. The van der Waals surface area contributed by atoms with E-state index in [4.69, 9.17) is 0 Å². The highest BCUT2D eigenvalue weighted by Crippen LogP contribution is 2.34. The highest BCUT2D eigenvalue weighted by Gasteiger charge is 2.33. The van der Waals surface area contributed by atoms with Crippen LogP contribution in [-0.4, -0.2) is 19.0 Å². The quantitative estimate of drug-likeness (QED) is 0.882. The molecule has 7 heteroatoms. The third kappa shape index (κ3) is 3.64. The fraction of sp³-hybridized carbons (Fsp3) is 0.462. The summed E-state index contributed by atoms with van der Waals surface area (Å²) in [5.41, 5.74) is -0.434. The maximum absolute atomic E-state index is 12.7. The predicted octanol–water partition coefficient (Wildman–Crippen LogP) is 2.98. The normalized spacial score (nSPS) is 18.5. The summed E-state index contributed by atoms with van der Waals surface area (Å²) in [7, 11) is 0. The smallest absolute Gasteiger partial charge is 0.326 e. The molecular formula is C13H16ClF3N2O. The zero-order valence-corrected chi connectivity index (χ0v) is 11.7. The predicted molar refractivity (Wildman–Crippen MR) is 73.0 cm³/mol. The highest BCUT2D eigenvalue weighted by molar-refractivity contribution is 5.93. The first-order valence-electron chi connectivity index (χ1n) is 6.08. The fourth-order valence-corrected chi connectivity index (χ4v) is 2.19. The molecule has 1 aromatic carbocycles. The molecule has 1 aliphatic rings. The van der Waals surface area contributed by atoms with Gasteiger partial charge in [-0.05, 0) is 37.6 Å². The van der Waals surface area contributed by atoms with Gasteiger partial charge in [0.1, 0.15) is 0 Å².